The van der Waals surface area contributed by atoms with E-state index in [1.807, 2.05) is 0 Å². The van der Waals surface area contributed by atoms with Gasteiger partial charge in [-0.15, -0.1) is 0 Å². The lowest BCUT2D eigenvalue weighted by molar-refractivity contribution is -0.268. The van der Waals surface area contributed by atoms with Gasteiger partial charge >= 0.3 is 7.82 Å². The van der Waals surface area contributed by atoms with Gasteiger partial charge < -0.3 is 9.79 Å². The second-order valence-corrected chi connectivity index (χ2v) is 12.9. The van der Waals surface area contributed by atoms with Crippen LogP contribution >= 0.6 is 7.82 Å². The van der Waals surface area contributed by atoms with Gasteiger partial charge in [-0.25, -0.2) is 4.57 Å². The molecule has 0 saturated carbocycles. The third-order valence-electron chi connectivity index (χ3n) is 12.9. The van der Waals surface area contributed by atoms with E-state index in [2.05, 4.69) is 90.0 Å². The Morgan fingerprint density at radius 2 is 0.703 bits per heavy atom. The molecule has 0 heterocycles. The lowest BCUT2D eigenvalue weighted by Crippen LogP contribution is -2.69. The first kappa shape index (κ1) is 37.1. The molecule has 0 unspecified atom stereocenters. The molecule has 0 aliphatic carbocycles. The molecule has 4 nitrogen and oxygen atoms in total. The lowest BCUT2D eigenvalue weighted by atomic mass is 9.31. The van der Waals surface area contributed by atoms with Gasteiger partial charge in [-0.2, -0.15) is 0 Å². The average Bonchev–Trinajstić information content (AvgIpc) is 2.91. The summed E-state index contributed by atoms with van der Waals surface area (Å²) < 4.78 is 18.7. The van der Waals surface area contributed by atoms with Crippen LogP contribution in [0, 0.1) is 27.1 Å². The summed E-state index contributed by atoms with van der Waals surface area (Å²) in [5.41, 5.74) is -1.18. The van der Waals surface area contributed by atoms with Crippen LogP contribution in [0.4, 0.5) is 0 Å². The molecule has 0 aliphatic heterocycles. The van der Waals surface area contributed by atoms with Crippen molar-refractivity contribution in [3.63, 3.8) is 0 Å². The van der Waals surface area contributed by atoms with Gasteiger partial charge in [0.25, 0.3) is 0 Å². The van der Waals surface area contributed by atoms with Gasteiger partial charge in [-0.1, -0.05) is 90.0 Å². The molecule has 0 spiro atoms. The quantitative estimate of drug-likeness (QED) is 0.149. The smallest absolute Gasteiger partial charge is 0.303 e. The molecule has 0 saturated heterocycles. The predicted octanol–water partition coefficient (Wildman–Crippen LogP) is 11.1. The second-order valence-electron chi connectivity index (χ2n) is 11.8. The molecule has 2 N–H and O–H groups in total. The Morgan fingerprint density at radius 1 is 0.432 bits per heavy atom. The molecule has 0 aromatic heterocycles. The van der Waals surface area contributed by atoms with E-state index >= 15 is 0 Å². The summed E-state index contributed by atoms with van der Waals surface area (Å²) in [6.07, 6.45) is 12.7. The first-order chi connectivity index (χ1) is 17.2. The zero-order chi connectivity index (χ0) is 29.4. The number of hydrogen-bond acceptors (Lipinski definition) is 2. The van der Waals surface area contributed by atoms with E-state index in [4.69, 9.17) is 4.52 Å². The first-order valence-electron chi connectivity index (χ1n) is 16.0. The van der Waals surface area contributed by atoms with Gasteiger partial charge in [0.15, 0.2) is 0 Å². The minimum Gasteiger partial charge on any atom is -0.303 e. The molecule has 0 radical (unpaired) electrons. The van der Waals surface area contributed by atoms with Crippen molar-refractivity contribution in [2.45, 2.75) is 179 Å². The van der Waals surface area contributed by atoms with Crippen molar-refractivity contribution in [3.05, 3.63) is 0 Å². The summed E-state index contributed by atoms with van der Waals surface area (Å²) in [7, 11) is -4.71. The molecule has 0 fully saturated rings. The average molecular weight is 547 g/mol. The minimum atomic E-state index is -4.71. The Bertz CT molecular complexity index is 677. The molecular weight excluding hydrogens is 479 g/mol. The van der Waals surface area contributed by atoms with E-state index in [9.17, 15) is 14.4 Å². The fourth-order valence-electron chi connectivity index (χ4n) is 11.5. The van der Waals surface area contributed by atoms with E-state index in [0.717, 1.165) is 70.6 Å². The molecule has 0 rings (SSSR count). The van der Waals surface area contributed by atoms with Crippen LogP contribution in [0.3, 0.4) is 0 Å². The molecule has 0 aliphatic rings. The third kappa shape index (κ3) is 5.17. The Balaban J connectivity index is 8.38. The minimum absolute atomic E-state index is 0.0189. The van der Waals surface area contributed by atoms with E-state index in [0.29, 0.717) is 12.8 Å². The Hall–Kier alpha value is 0.110. The normalized spacial score (nSPS) is 14.9. The lowest BCUT2D eigenvalue weighted by Gasteiger charge is -2.73. The van der Waals surface area contributed by atoms with Crippen LogP contribution in [-0.2, 0) is 9.09 Å². The molecule has 37 heavy (non-hydrogen) atoms. The van der Waals surface area contributed by atoms with Crippen LogP contribution in [0.25, 0.3) is 0 Å². The maximum absolute atomic E-state index is 12.6. The predicted molar refractivity (Wildman–Crippen MR) is 162 cm³/mol. The van der Waals surface area contributed by atoms with Gasteiger partial charge in [0.2, 0.25) is 0 Å². The van der Waals surface area contributed by atoms with E-state index in [1.54, 1.807) is 0 Å². The standard InChI is InChI=1S/C32H67O4P/c1-14-27(15-2,16-3)28(17-4,18-5)29(19-6,20-7)30(21-8,22-9)31(23-10,24-11)32(25-12,26-13)36-37(33,34)35/h14-26H2,1-13H3,(H2,33,34,35). The fourth-order valence-corrected chi connectivity index (χ4v) is 12.3. The summed E-state index contributed by atoms with van der Waals surface area (Å²) >= 11 is 0. The Morgan fingerprint density at radius 3 is 0.892 bits per heavy atom. The number of hydrogen-bond donors (Lipinski definition) is 2. The van der Waals surface area contributed by atoms with Crippen molar-refractivity contribution in [1.82, 2.24) is 0 Å². The fraction of sp³-hybridized carbons (Fsp3) is 1.00. The Labute approximate surface area is 232 Å². The third-order valence-corrected chi connectivity index (χ3v) is 13.5. The van der Waals surface area contributed by atoms with Crippen molar-refractivity contribution in [3.8, 4) is 0 Å². The summed E-state index contributed by atoms with van der Waals surface area (Å²) in [6, 6.07) is 0. The van der Waals surface area contributed by atoms with Crippen molar-refractivity contribution < 1.29 is 18.9 Å². The molecule has 0 aromatic carbocycles. The van der Waals surface area contributed by atoms with E-state index < -0.39 is 18.8 Å². The van der Waals surface area contributed by atoms with Crippen molar-refractivity contribution in [1.29, 1.82) is 0 Å². The van der Waals surface area contributed by atoms with Crippen LogP contribution in [0.15, 0.2) is 0 Å². The molecule has 0 aromatic rings. The first-order valence-corrected chi connectivity index (χ1v) is 17.5. The Kier molecular flexibility index (Phi) is 14.2. The maximum atomic E-state index is 12.6. The number of rotatable bonds is 20. The molecule has 224 valence electrons. The summed E-state index contributed by atoms with van der Waals surface area (Å²) in [5.74, 6) is 0. The molecule has 5 heteroatoms. The van der Waals surface area contributed by atoms with Gasteiger partial charge in [0.05, 0.1) is 5.60 Å². The van der Waals surface area contributed by atoms with Crippen LogP contribution in [0.1, 0.15) is 173 Å². The van der Waals surface area contributed by atoms with E-state index in [-0.39, 0.29) is 21.7 Å². The molecule has 0 amide bonds. The van der Waals surface area contributed by atoms with Crippen LogP contribution < -0.4 is 0 Å². The van der Waals surface area contributed by atoms with Crippen molar-refractivity contribution in [2.24, 2.45) is 27.1 Å². The number of phosphoric ester groups is 1. The summed E-state index contributed by atoms with van der Waals surface area (Å²) in [5, 5.41) is 0. The van der Waals surface area contributed by atoms with Crippen LogP contribution in [-0.4, -0.2) is 15.4 Å². The zero-order valence-corrected chi connectivity index (χ0v) is 28.2. The zero-order valence-electron chi connectivity index (χ0n) is 27.4. The molecular formula is C32H67O4P. The monoisotopic (exact) mass is 546 g/mol. The summed E-state index contributed by atoms with van der Waals surface area (Å²) in [6.45, 7) is 30.3. The highest BCUT2D eigenvalue weighted by Crippen LogP contribution is 2.77. The highest BCUT2D eigenvalue weighted by molar-refractivity contribution is 7.46. The van der Waals surface area contributed by atoms with Gasteiger partial charge in [0, 0.05) is 5.41 Å². The SMILES string of the molecule is CCC(CC)(CC)C(CC)(CC)C(CC)(CC)C(CC)(CC)C(CC)(CC)C(CC)(CC)OP(=O)(O)O. The highest BCUT2D eigenvalue weighted by atomic mass is 31.2. The van der Waals surface area contributed by atoms with Crippen LogP contribution in [0.2, 0.25) is 0 Å². The molecule has 0 bridgehead atoms. The van der Waals surface area contributed by atoms with Gasteiger partial charge in [-0.3, -0.25) is 4.52 Å². The topological polar surface area (TPSA) is 66.8 Å². The molecule has 0 atom stereocenters. The largest absolute Gasteiger partial charge is 0.470 e. The van der Waals surface area contributed by atoms with E-state index in [1.165, 1.54) is 0 Å². The van der Waals surface area contributed by atoms with Gasteiger partial charge in [0.1, 0.15) is 0 Å². The second kappa shape index (κ2) is 14.1. The summed E-state index contributed by atoms with van der Waals surface area (Å²) in [4.78, 5) is 20.6. The maximum Gasteiger partial charge on any atom is 0.470 e. The number of phosphoric acid groups is 1. The highest BCUT2D eigenvalue weighted by Gasteiger charge is 2.72. The van der Waals surface area contributed by atoms with Crippen molar-refractivity contribution in [2.75, 3.05) is 0 Å². The van der Waals surface area contributed by atoms with Crippen LogP contribution in [0.5, 0.6) is 0 Å². The van der Waals surface area contributed by atoms with Crippen molar-refractivity contribution >= 4 is 7.82 Å². The van der Waals surface area contributed by atoms with Gasteiger partial charge in [-0.05, 0) is 105 Å².